The van der Waals surface area contributed by atoms with Crippen LogP contribution < -0.4 is 0 Å². The molecule has 5 nitrogen and oxygen atoms in total. The molecule has 1 spiro atoms. The van der Waals surface area contributed by atoms with Gasteiger partial charge in [0.05, 0.1) is 24.9 Å². The highest BCUT2D eigenvalue weighted by Crippen LogP contribution is 2.46. The molecule has 3 unspecified atom stereocenters. The summed E-state index contributed by atoms with van der Waals surface area (Å²) in [4.78, 5) is 0. The Labute approximate surface area is 100 Å². The number of aliphatic hydroxyl groups is 1. The van der Waals surface area contributed by atoms with Crippen molar-refractivity contribution in [2.75, 3.05) is 6.61 Å². The summed E-state index contributed by atoms with van der Waals surface area (Å²) >= 11 is 0. The Balaban J connectivity index is 1.70. The van der Waals surface area contributed by atoms with Gasteiger partial charge in [-0.3, -0.25) is 0 Å². The highest BCUT2D eigenvalue weighted by molar-refractivity contribution is 5.04. The van der Waals surface area contributed by atoms with Crippen LogP contribution in [0.4, 0.5) is 0 Å². The number of fused-ring (bicyclic) bond motifs is 1. The summed E-state index contributed by atoms with van der Waals surface area (Å²) in [7, 11) is 0. The van der Waals surface area contributed by atoms with Crippen molar-refractivity contribution in [2.24, 2.45) is 0 Å². The highest BCUT2D eigenvalue weighted by Gasteiger charge is 2.58. The maximum Gasteiger partial charge on any atom is 0.181 e. The van der Waals surface area contributed by atoms with E-state index in [0.717, 1.165) is 19.3 Å². The highest BCUT2D eigenvalue weighted by atomic mass is 16.7. The lowest BCUT2D eigenvalue weighted by atomic mass is 9.85. The number of aliphatic hydroxyl groups excluding tert-OH is 1. The van der Waals surface area contributed by atoms with Crippen molar-refractivity contribution < 1.29 is 19.3 Å². The Bertz CT molecular complexity index is 342. The lowest BCUT2D eigenvalue weighted by Gasteiger charge is -2.42. The summed E-state index contributed by atoms with van der Waals surface area (Å²) in [6.07, 6.45) is 2.99. The topological polar surface area (TPSA) is 71.7 Å². The lowest BCUT2D eigenvalue weighted by molar-refractivity contribution is -0.222. The van der Waals surface area contributed by atoms with Gasteiger partial charge >= 0.3 is 0 Å². The number of hydrogen-bond donors (Lipinski definition) is 1. The molecular formula is C12H17NO4. The average molecular weight is 239 g/mol. The zero-order valence-electron chi connectivity index (χ0n) is 9.67. The smallest absolute Gasteiger partial charge is 0.181 e. The van der Waals surface area contributed by atoms with Crippen molar-refractivity contribution in [1.82, 2.24) is 0 Å². The van der Waals surface area contributed by atoms with Crippen LogP contribution in [0.3, 0.4) is 0 Å². The van der Waals surface area contributed by atoms with E-state index in [-0.39, 0.29) is 23.9 Å². The van der Waals surface area contributed by atoms with Gasteiger partial charge in [0.1, 0.15) is 11.7 Å². The van der Waals surface area contributed by atoms with Crippen LogP contribution in [0, 0.1) is 11.3 Å². The van der Waals surface area contributed by atoms with E-state index in [0.29, 0.717) is 19.4 Å². The SMILES string of the molecule is N#CCC[C@H]1CCC2O[C@@H]3CC2(COC3O)O1. The van der Waals surface area contributed by atoms with Gasteiger partial charge in [-0.2, -0.15) is 5.26 Å². The average Bonchev–Trinajstić information content (AvgIpc) is 2.66. The Hall–Kier alpha value is -0.670. The van der Waals surface area contributed by atoms with E-state index in [4.69, 9.17) is 19.5 Å². The first kappa shape index (κ1) is 11.4. The number of nitrogens with zero attached hydrogens (tertiary/aromatic N) is 1. The van der Waals surface area contributed by atoms with Gasteiger partial charge in [0.25, 0.3) is 0 Å². The first-order valence-electron chi connectivity index (χ1n) is 6.23. The molecule has 3 aliphatic rings. The number of ether oxygens (including phenoxy) is 3. The third kappa shape index (κ3) is 1.85. The summed E-state index contributed by atoms with van der Waals surface area (Å²) < 4.78 is 17.2. The maximum atomic E-state index is 9.60. The van der Waals surface area contributed by atoms with Crippen molar-refractivity contribution in [3.8, 4) is 6.07 Å². The van der Waals surface area contributed by atoms with Crippen molar-refractivity contribution in [3.63, 3.8) is 0 Å². The molecule has 0 radical (unpaired) electrons. The molecule has 3 fully saturated rings. The van der Waals surface area contributed by atoms with Gasteiger partial charge in [0.2, 0.25) is 0 Å². The number of rotatable bonds is 2. The molecule has 5 atom stereocenters. The van der Waals surface area contributed by atoms with Gasteiger partial charge in [0, 0.05) is 12.8 Å². The third-order valence-electron chi connectivity index (χ3n) is 4.02. The molecule has 5 heteroatoms. The zero-order valence-corrected chi connectivity index (χ0v) is 9.67. The van der Waals surface area contributed by atoms with Crippen LogP contribution in [0.1, 0.15) is 32.1 Å². The fourth-order valence-electron chi connectivity index (χ4n) is 3.15. The van der Waals surface area contributed by atoms with Crippen LogP contribution in [0.15, 0.2) is 0 Å². The summed E-state index contributed by atoms with van der Waals surface area (Å²) in [5, 5.41) is 18.2. The van der Waals surface area contributed by atoms with Crippen LogP contribution >= 0.6 is 0 Å². The van der Waals surface area contributed by atoms with Gasteiger partial charge in [-0.1, -0.05) is 0 Å². The quantitative estimate of drug-likeness (QED) is 0.768. The van der Waals surface area contributed by atoms with E-state index >= 15 is 0 Å². The van der Waals surface area contributed by atoms with E-state index in [2.05, 4.69) is 6.07 Å². The minimum atomic E-state index is -0.813. The second kappa shape index (κ2) is 4.21. The zero-order chi connectivity index (χ0) is 11.9. The van der Waals surface area contributed by atoms with E-state index in [1.54, 1.807) is 0 Å². The van der Waals surface area contributed by atoms with Crippen molar-refractivity contribution >= 4 is 0 Å². The van der Waals surface area contributed by atoms with E-state index in [9.17, 15) is 5.11 Å². The predicted molar refractivity (Wildman–Crippen MR) is 56.9 cm³/mol. The fourth-order valence-corrected chi connectivity index (χ4v) is 3.15. The summed E-state index contributed by atoms with van der Waals surface area (Å²) in [6.45, 7) is 0.401. The Morgan fingerprint density at radius 1 is 1.41 bits per heavy atom. The van der Waals surface area contributed by atoms with Crippen LogP contribution in [0.2, 0.25) is 0 Å². The van der Waals surface area contributed by atoms with Crippen LogP contribution in [0.25, 0.3) is 0 Å². The molecule has 0 amide bonds. The van der Waals surface area contributed by atoms with Crippen LogP contribution in [0.5, 0.6) is 0 Å². The van der Waals surface area contributed by atoms with E-state index in [1.165, 1.54) is 0 Å². The molecule has 3 saturated heterocycles. The summed E-state index contributed by atoms with van der Waals surface area (Å²) in [5.74, 6) is 0. The molecule has 3 rings (SSSR count). The first-order valence-corrected chi connectivity index (χ1v) is 6.23. The monoisotopic (exact) mass is 239 g/mol. The van der Waals surface area contributed by atoms with E-state index < -0.39 is 6.29 Å². The summed E-state index contributed by atoms with van der Waals surface area (Å²) in [5.41, 5.74) is -0.373. The van der Waals surface area contributed by atoms with Gasteiger partial charge < -0.3 is 19.3 Å². The summed E-state index contributed by atoms with van der Waals surface area (Å²) in [6, 6.07) is 2.15. The van der Waals surface area contributed by atoms with Crippen molar-refractivity contribution in [2.45, 2.75) is 62.3 Å². The lowest BCUT2D eigenvalue weighted by Crippen LogP contribution is -2.53. The standard InChI is InChI=1S/C12H17NO4/c13-5-1-2-8-3-4-10-12(17-8)6-9(16-10)11(14)15-7-12/h8-11,14H,1-4,6-7H2/t8-,9+,10?,11?,12?/m0/s1. The minimum absolute atomic E-state index is 0.0444. The fraction of sp³-hybridized carbons (Fsp3) is 0.917. The second-order valence-corrected chi connectivity index (χ2v) is 5.15. The molecule has 0 aliphatic carbocycles. The normalized spacial score (nSPS) is 48.5. The molecule has 2 bridgehead atoms. The minimum Gasteiger partial charge on any atom is -0.366 e. The number of nitriles is 1. The van der Waals surface area contributed by atoms with Gasteiger partial charge in [-0.05, 0) is 19.3 Å². The molecule has 0 aromatic carbocycles. The van der Waals surface area contributed by atoms with Gasteiger partial charge in [0.15, 0.2) is 6.29 Å². The molecule has 94 valence electrons. The maximum absolute atomic E-state index is 9.60. The Morgan fingerprint density at radius 3 is 3.12 bits per heavy atom. The number of hydrogen-bond acceptors (Lipinski definition) is 5. The largest absolute Gasteiger partial charge is 0.366 e. The molecule has 3 aliphatic heterocycles. The molecule has 0 aromatic heterocycles. The van der Waals surface area contributed by atoms with Crippen molar-refractivity contribution in [1.29, 1.82) is 5.26 Å². The van der Waals surface area contributed by atoms with Gasteiger partial charge in [-0.25, -0.2) is 0 Å². The molecule has 0 saturated carbocycles. The van der Waals surface area contributed by atoms with Crippen LogP contribution in [-0.4, -0.2) is 41.9 Å². The first-order chi connectivity index (χ1) is 8.23. The Morgan fingerprint density at radius 2 is 2.29 bits per heavy atom. The molecule has 0 aromatic rings. The van der Waals surface area contributed by atoms with Crippen LogP contribution in [-0.2, 0) is 14.2 Å². The molecule has 3 heterocycles. The Kier molecular flexibility index (Phi) is 2.83. The second-order valence-electron chi connectivity index (χ2n) is 5.15. The van der Waals surface area contributed by atoms with Gasteiger partial charge in [-0.15, -0.1) is 0 Å². The molecule has 1 N–H and O–H groups in total. The predicted octanol–water partition coefficient (Wildman–Crippen LogP) is 0.714. The van der Waals surface area contributed by atoms with Crippen molar-refractivity contribution in [3.05, 3.63) is 0 Å². The third-order valence-corrected chi connectivity index (χ3v) is 4.02. The van der Waals surface area contributed by atoms with E-state index in [1.807, 2.05) is 0 Å². The molecular weight excluding hydrogens is 222 g/mol. The molecule has 17 heavy (non-hydrogen) atoms.